The van der Waals surface area contributed by atoms with Crippen molar-refractivity contribution in [2.24, 2.45) is 0 Å². The topological polar surface area (TPSA) is 32.3 Å². The number of halogens is 2. The first-order valence-electron chi connectivity index (χ1n) is 6.04. The monoisotopic (exact) mass is 256 g/mol. The average molecular weight is 256 g/mol. The Hall–Kier alpha value is -1.49. The van der Waals surface area contributed by atoms with E-state index in [1.807, 2.05) is 13.8 Å². The summed E-state index contributed by atoms with van der Waals surface area (Å²) in [5.74, 6) is -2.35. The summed E-state index contributed by atoms with van der Waals surface area (Å²) in [6.07, 6.45) is 0. The average Bonchev–Trinajstić information content (AvgIpc) is 2.37. The van der Waals surface area contributed by atoms with Gasteiger partial charge in [-0.25, -0.2) is 8.78 Å². The predicted octanol–water partition coefficient (Wildman–Crippen LogP) is 2.04. The quantitative estimate of drug-likeness (QED) is 0.844. The molecule has 1 amide bonds. The molecular weight excluding hydrogens is 238 g/mol. The lowest BCUT2D eigenvalue weighted by molar-refractivity contribution is 0.0948. The lowest BCUT2D eigenvalue weighted by Crippen LogP contribution is -2.34. The second-order valence-corrected chi connectivity index (χ2v) is 3.91. The molecule has 0 unspecified atom stereocenters. The van der Waals surface area contributed by atoms with E-state index in [1.54, 1.807) is 0 Å². The number of rotatable bonds is 6. The van der Waals surface area contributed by atoms with E-state index >= 15 is 0 Å². The van der Waals surface area contributed by atoms with Gasteiger partial charge in [-0.15, -0.1) is 0 Å². The number of amides is 1. The van der Waals surface area contributed by atoms with Crippen LogP contribution in [0.15, 0.2) is 18.2 Å². The minimum Gasteiger partial charge on any atom is -0.351 e. The first-order chi connectivity index (χ1) is 8.58. The molecular formula is C13H18F2N2O. The molecule has 0 aliphatic heterocycles. The third-order valence-corrected chi connectivity index (χ3v) is 2.79. The van der Waals surface area contributed by atoms with Gasteiger partial charge in [0.05, 0.1) is 0 Å². The zero-order chi connectivity index (χ0) is 13.5. The van der Waals surface area contributed by atoms with Crippen LogP contribution in [0.5, 0.6) is 0 Å². The summed E-state index contributed by atoms with van der Waals surface area (Å²) in [4.78, 5) is 13.8. The Labute approximate surface area is 106 Å². The number of carbonyl (C=O) groups is 1. The molecule has 5 heteroatoms. The van der Waals surface area contributed by atoms with Crippen molar-refractivity contribution in [2.75, 3.05) is 26.2 Å². The van der Waals surface area contributed by atoms with Crippen molar-refractivity contribution in [3.8, 4) is 0 Å². The molecule has 100 valence electrons. The summed E-state index contributed by atoms with van der Waals surface area (Å²) < 4.78 is 25.6. The van der Waals surface area contributed by atoms with Crippen molar-refractivity contribution in [3.05, 3.63) is 35.4 Å². The summed E-state index contributed by atoms with van der Waals surface area (Å²) in [7, 11) is 0. The molecule has 0 aliphatic rings. The molecule has 0 bridgehead atoms. The molecule has 0 saturated carbocycles. The van der Waals surface area contributed by atoms with Gasteiger partial charge in [0, 0.05) is 18.7 Å². The van der Waals surface area contributed by atoms with Crippen LogP contribution in [0.3, 0.4) is 0 Å². The number of likely N-dealkylation sites (N-methyl/N-ethyl adjacent to an activating group) is 1. The van der Waals surface area contributed by atoms with Gasteiger partial charge in [0.25, 0.3) is 5.91 Å². The third kappa shape index (κ3) is 4.07. The van der Waals surface area contributed by atoms with Crippen LogP contribution in [0.4, 0.5) is 8.78 Å². The number of nitrogens with one attached hydrogen (secondary N) is 1. The fraction of sp³-hybridized carbons (Fsp3) is 0.462. The number of nitrogens with zero attached hydrogens (tertiary/aromatic N) is 1. The second kappa shape index (κ2) is 7.06. The Morgan fingerprint density at radius 3 is 2.44 bits per heavy atom. The van der Waals surface area contributed by atoms with E-state index in [0.717, 1.165) is 31.8 Å². The number of carbonyl (C=O) groups excluding carboxylic acids is 1. The highest BCUT2D eigenvalue weighted by Crippen LogP contribution is 2.08. The van der Waals surface area contributed by atoms with E-state index < -0.39 is 11.6 Å². The van der Waals surface area contributed by atoms with Gasteiger partial charge in [0.15, 0.2) is 11.6 Å². The highest BCUT2D eigenvalue weighted by Gasteiger charge is 2.09. The van der Waals surface area contributed by atoms with E-state index in [4.69, 9.17) is 0 Å². The minimum atomic E-state index is -1.01. The van der Waals surface area contributed by atoms with E-state index in [2.05, 4.69) is 10.2 Å². The van der Waals surface area contributed by atoms with Crippen LogP contribution in [0, 0.1) is 11.6 Å². The first-order valence-corrected chi connectivity index (χ1v) is 6.04. The highest BCUT2D eigenvalue weighted by molar-refractivity contribution is 5.94. The fourth-order valence-electron chi connectivity index (χ4n) is 1.61. The molecule has 0 atom stereocenters. The fourth-order valence-corrected chi connectivity index (χ4v) is 1.61. The summed E-state index contributed by atoms with van der Waals surface area (Å²) in [6, 6.07) is 3.13. The van der Waals surface area contributed by atoms with Gasteiger partial charge in [0.2, 0.25) is 0 Å². The normalized spacial score (nSPS) is 10.7. The smallest absolute Gasteiger partial charge is 0.251 e. The summed E-state index contributed by atoms with van der Waals surface area (Å²) in [6.45, 7) is 7.14. The zero-order valence-electron chi connectivity index (χ0n) is 10.7. The summed E-state index contributed by atoms with van der Waals surface area (Å²) >= 11 is 0. The van der Waals surface area contributed by atoms with E-state index in [1.165, 1.54) is 6.07 Å². The van der Waals surface area contributed by atoms with Gasteiger partial charge >= 0.3 is 0 Å². The van der Waals surface area contributed by atoms with Crippen LogP contribution in [-0.4, -0.2) is 37.0 Å². The standard InChI is InChI=1S/C13H18F2N2O/c1-3-17(4-2)8-7-16-13(18)10-5-6-11(14)12(15)9-10/h5-6,9H,3-4,7-8H2,1-2H3,(H,16,18). The molecule has 1 aromatic carbocycles. The van der Waals surface area contributed by atoms with Crippen LogP contribution in [0.25, 0.3) is 0 Å². The molecule has 0 aliphatic carbocycles. The van der Waals surface area contributed by atoms with Crippen molar-refractivity contribution in [2.45, 2.75) is 13.8 Å². The van der Waals surface area contributed by atoms with Gasteiger partial charge in [-0.1, -0.05) is 13.8 Å². The summed E-state index contributed by atoms with van der Waals surface area (Å²) in [5.41, 5.74) is 0.133. The lowest BCUT2D eigenvalue weighted by Gasteiger charge is -2.17. The largest absolute Gasteiger partial charge is 0.351 e. The molecule has 0 heterocycles. The maximum atomic E-state index is 12.9. The molecule has 0 saturated heterocycles. The molecule has 1 rings (SSSR count). The van der Waals surface area contributed by atoms with Crippen molar-refractivity contribution in [1.82, 2.24) is 10.2 Å². The molecule has 1 aromatic rings. The zero-order valence-corrected chi connectivity index (χ0v) is 10.7. The molecule has 0 aromatic heterocycles. The van der Waals surface area contributed by atoms with E-state index in [-0.39, 0.29) is 11.5 Å². The van der Waals surface area contributed by atoms with Crippen LogP contribution in [0.2, 0.25) is 0 Å². The second-order valence-electron chi connectivity index (χ2n) is 3.91. The Balaban J connectivity index is 2.48. The minimum absolute atomic E-state index is 0.133. The van der Waals surface area contributed by atoms with Crippen molar-refractivity contribution in [1.29, 1.82) is 0 Å². The number of benzene rings is 1. The maximum Gasteiger partial charge on any atom is 0.251 e. The van der Waals surface area contributed by atoms with E-state index in [9.17, 15) is 13.6 Å². The van der Waals surface area contributed by atoms with Crippen LogP contribution in [-0.2, 0) is 0 Å². The van der Waals surface area contributed by atoms with Gasteiger partial charge in [0.1, 0.15) is 0 Å². The van der Waals surface area contributed by atoms with Crippen LogP contribution >= 0.6 is 0 Å². The molecule has 3 nitrogen and oxygen atoms in total. The van der Waals surface area contributed by atoms with Gasteiger partial charge in [-0.3, -0.25) is 4.79 Å². The summed E-state index contributed by atoms with van der Waals surface area (Å²) in [5, 5.41) is 2.68. The number of hydrogen-bond acceptors (Lipinski definition) is 2. The molecule has 0 fully saturated rings. The van der Waals surface area contributed by atoms with Crippen LogP contribution in [0.1, 0.15) is 24.2 Å². The van der Waals surface area contributed by atoms with Gasteiger partial charge in [-0.2, -0.15) is 0 Å². The number of hydrogen-bond donors (Lipinski definition) is 1. The third-order valence-electron chi connectivity index (χ3n) is 2.79. The van der Waals surface area contributed by atoms with Crippen LogP contribution < -0.4 is 5.32 Å². The molecule has 0 spiro atoms. The van der Waals surface area contributed by atoms with Gasteiger partial charge < -0.3 is 10.2 Å². The Kier molecular flexibility index (Phi) is 5.71. The lowest BCUT2D eigenvalue weighted by atomic mass is 10.2. The molecule has 0 radical (unpaired) electrons. The Bertz CT molecular complexity index is 406. The highest BCUT2D eigenvalue weighted by atomic mass is 19.2. The SMILES string of the molecule is CCN(CC)CCNC(=O)c1ccc(F)c(F)c1. The Morgan fingerprint density at radius 1 is 1.22 bits per heavy atom. The van der Waals surface area contributed by atoms with E-state index in [0.29, 0.717) is 6.54 Å². The predicted molar refractivity (Wildman–Crippen MR) is 66.5 cm³/mol. The maximum absolute atomic E-state index is 12.9. The first kappa shape index (κ1) is 14.6. The van der Waals surface area contributed by atoms with Crippen molar-refractivity contribution in [3.63, 3.8) is 0 Å². The Morgan fingerprint density at radius 2 is 1.89 bits per heavy atom. The molecule has 1 N–H and O–H groups in total. The van der Waals surface area contributed by atoms with Crippen molar-refractivity contribution < 1.29 is 13.6 Å². The van der Waals surface area contributed by atoms with Gasteiger partial charge in [-0.05, 0) is 31.3 Å². The molecule has 18 heavy (non-hydrogen) atoms. The van der Waals surface area contributed by atoms with Crippen molar-refractivity contribution >= 4 is 5.91 Å².